The molecule has 2 aromatic heterocycles. The summed E-state index contributed by atoms with van der Waals surface area (Å²) in [6, 6.07) is 1.91. The second kappa shape index (κ2) is 5.14. The molecule has 0 spiro atoms. The molecule has 0 fully saturated rings. The van der Waals surface area contributed by atoms with Crippen molar-refractivity contribution < 1.29 is 9.63 Å². The van der Waals surface area contributed by atoms with Gasteiger partial charge in [0.25, 0.3) is 0 Å². The van der Waals surface area contributed by atoms with Crippen LogP contribution in [-0.4, -0.2) is 19.8 Å². The van der Waals surface area contributed by atoms with Crippen LogP contribution in [0.25, 0.3) is 0 Å². The van der Waals surface area contributed by atoms with Crippen molar-refractivity contribution in [2.45, 2.75) is 39.3 Å². The van der Waals surface area contributed by atoms with Gasteiger partial charge in [0, 0.05) is 18.8 Å². The number of hydrogen-bond donors (Lipinski definition) is 1. The molecule has 5 heteroatoms. The molecule has 2 heterocycles. The molecular formula is C12H17N3O2. The minimum absolute atomic E-state index is 0.396. The lowest BCUT2D eigenvalue weighted by atomic mass is 10.1. The van der Waals surface area contributed by atoms with Gasteiger partial charge in [-0.2, -0.15) is 4.98 Å². The lowest BCUT2D eigenvalue weighted by molar-refractivity contribution is 0.173. The van der Waals surface area contributed by atoms with Gasteiger partial charge < -0.3 is 14.2 Å². The molecule has 0 bridgehead atoms. The van der Waals surface area contributed by atoms with Crippen LogP contribution in [0.2, 0.25) is 0 Å². The van der Waals surface area contributed by atoms with Crippen molar-refractivity contribution in [2.75, 3.05) is 0 Å². The molecule has 0 amide bonds. The van der Waals surface area contributed by atoms with Crippen molar-refractivity contribution in [2.24, 2.45) is 0 Å². The van der Waals surface area contributed by atoms with Crippen LogP contribution in [0.4, 0.5) is 0 Å². The highest BCUT2D eigenvalue weighted by Gasteiger charge is 2.08. The van der Waals surface area contributed by atoms with E-state index in [4.69, 9.17) is 4.52 Å². The van der Waals surface area contributed by atoms with Gasteiger partial charge in [-0.1, -0.05) is 19.0 Å². The minimum atomic E-state index is -0.396. The normalized spacial score (nSPS) is 12.9. The zero-order chi connectivity index (χ0) is 12.3. The molecule has 17 heavy (non-hydrogen) atoms. The van der Waals surface area contributed by atoms with E-state index in [1.165, 1.54) is 0 Å². The third-order valence-electron chi connectivity index (χ3n) is 2.68. The topological polar surface area (TPSA) is 64.1 Å². The number of aromatic nitrogens is 3. The van der Waals surface area contributed by atoms with Gasteiger partial charge in [0.15, 0.2) is 5.82 Å². The lowest BCUT2D eigenvalue weighted by Gasteiger charge is -2.03. The smallest absolute Gasteiger partial charge is 0.226 e. The van der Waals surface area contributed by atoms with Gasteiger partial charge in [0.1, 0.15) is 0 Å². The van der Waals surface area contributed by atoms with Crippen molar-refractivity contribution in [3.63, 3.8) is 0 Å². The fraction of sp³-hybridized carbons (Fsp3) is 0.500. The molecule has 1 atom stereocenters. The average Bonchev–Trinajstić information content (AvgIpc) is 2.97. The molecule has 0 aliphatic rings. The Balaban J connectivity index is 2.06. The van der Waals surface area contributed by atoms with E-state index in [1.807, 2.05) is 36.9 Å². The van der Waals surface area contributed by atoms with E-state index in [-0.39, 0.29) is 0 Å². The van der Waals surface area contributed by atoms with Gasteiger partial charge in [-0.05, 0) is 18.1 Å². The van der Waals surface area contributed by atoms with Gasteiger partial charge in [-0.15, -0.1) is 0 Å². The van der Waals surface area contributed by atoms with Gasteiger partial charge in [-0.3, -0.25) is 0 Å². The predicted octanol–water partition coefficient (Wildman–Crippen LogP) is 1.93. The molecule has 0 aliphatic heterocycles. The highest BCUT2D eigenvalue weighted by Crippen LogP contribution is 2.16. The Morgan fingerprint density at radius 2 is 2.29 bits per heavy atom. The summed E-state index contributed by atoms with van der Waals surface area (Å²) in [5.74, 6) is 1.32. The number of hydrogen-bond acceptors (Lipinski definition) is 4. The SMILES string of the molecule is CCc1nc(Cn2ccc(C(O)CC)c2)no1. The molecule has 2 aromatic rings. The fourth-order valence-electron chi connectivity index (χ4n) is 1.65. The molecule has 5 nitrogen and oxygen atoms in total. The molecule has 0 saturated carbocycles. The zero-order valence-corrected chi connectivity index (χ0v) is 10.1. The van der Waals surface area contributed by atoms with E-state index in [9.17, 15) is 5.11 Å². The maximum atomic E-state index is 9.69. The van der Waals surface area contributed by atoms with E-state index in [1.54, 1.807) is 0 Å². The maximum Gasteiger partial charge on any atom is 0.226 e. The molecule has 0 radical (unpaired) electrons. The summed E-state index contributed by atoms with van der Waals surface area (Å²) < 4.78 is 6.98. The first kappa shape index (κ1) is 11.9. The van der Waals surface area contributed by atoms with E-state index >= 15 is 0 Å². The van der Waals surface area contributed by atoms with Gasteiger partial charge in [0.2, 0.25) is 5.89 Å². The van der Waals surface area contributed by atoms with Crippen LogP contribution in [0.3, 0.4) is 0 Å². The van der Waals surface area contributed by atoms with Gasteiger partial charge in [-0.25, -0.2) is 0 Å². The van der Waals surface area contributed by atoms with Crippen molar-refractivity contribution in [3.05, 3.63) is 35.7 Å². The summed E-state index contributed by atoms with van der Waals surface area (Å²) in [5, 5.41) is 13.6. The summed E-state index contributed by atoms with van der Waals surface area (Å²) >= 11 is 0. The van der Waals surface area contributed by atoms with E-state index < -0.39 is 6.10 Å². The lowest BCUT2D eigenvalue weighted by Crippen LogP contribution is -1.99. The molecular weight excluding hydrogens is 218 g/mol. The number of aryl methyl sites for hydroxylation is 1. The second-order valence-electron chi connectivity index (χ2n) is 4.00. The van der Waals surface area contributed by atoms with Crippen LogP contribution in [-0.2, 0) is 13.0 Å². The standard InChI is InChI=1S/C12H17N3O2/c1-3-10(16)9-5-6-15(7-9)8-11-13-12(4-2)17-14-11/h5-7,10,16H,3-4,8H2,1-2H3. The summed E-state index contributed by atoms with van der Waals surface area (Å²) in [6.07, 6.45) is 4.89. The van der Waals surface area contributed by atoms with Gasteiger partial charge >= 0.3 is 0 Å². The Hall–Kier alpha value is -1.62. The molecule has 1 N–H and O–H groups in total. The molecule has 0 aliphatic carbocycles. The minimum Gasteiger partial charge on any atom is -0.388 e. The summed E-state index contributed by atoms with van der Waals surface area (Å²) in [5.41, 5.74) is 0.923. The molecule has 92 valence electrons. The van der Waals surface area contributed by atoms with Crippen LogP contribution in [0.15, 0.2) is 23.0 Å². The van der Waals surface area contributed by atoms with Crippen molar-refractivity contribution >= 4 is 0 Å². The Morgan fingerprint density at radius 3 is 2.94 bits per heavy atom. The molecule has 0 saturated heterocycles. The Kier molecular flexibility index (Phi) is 3.58. The van der Waals surface area contributed by atoms with Crippen LogP contribution in [0.5, 0.6) is 0 Å². The quantitative estimate of drug-likeness (QED) is 0.860. The highest BCUT2D eigenvalue weighted by atomic mass is 16.5. The van der Waals surface area contributed by atoms with Crippen molar-refractivity contribution in [1.29, 1.82) is 0 Å². The molecule has 0 aromatic carbocycles. The number of rotatable bonds is 5. The first-order chi connectivity index (χ1) is 8.22. The van der Waals surface area contributed by atoms with Crippen LogP contribution in [0.1, 0.15) is 43.7 Å². The predicted molar refractivity (Wildman–Crippen MR) is 62.5 cm³/mol. The average molecular weight is 235 g/mol. The van der Waals surface area contributed by atoms with E-state index in [0.717, 1.165) is 12.0 Å². The Bertz CT molecular complexity index is 476. The zero-order valence-electron chi connectivity index (χ0n) is 10.1. The fourth-order valence-corrected chi connectivity index (χ4v) is 1.65. The maximum absolute atomic E-state index is 9.69. The molecule has 2 rings (SSSR count). The third kappa shape index (κ3) is 2.74. The molecule has 1 unspecified atom stereocenters. The third-order valence-corrected chi connectivity index (χ3v) is 2.68. The van der Waals surface area contributed by atoms with E-state index in [0.29, 0.717) is 24.7 Å². The van der Waals surface area contributed by atoms with Crippen LogP contribution < -0.4 is 0 Å². The first-order valence-corrected chi connectivity index (χ1v) is 5.88. The van der Waals surface area contributed by atoms with Gasteiger partial charge in [0.05, 0.1) is 12.6 Å². The number of aliphatic hydroxyl groups excluding tert-OH is 1. The summed E-state index contributed by atoms with van der Waals surface area (Å²) in [4.78, 5) is 4.24. The van der Waals surface area contributed by atoms with Crippen LogP contribution >= 0.6 is 0 Å². The number of nitrogens with zero attached hydrogens (tertiary/aromatic N) is 3. The largest absolute Gasteiger partial charge is 0.388 e. The highest BCUT2D eigenvalue weighted by molar-refractivity contribution is 5.14. The van der Waals surface area contributed by atoms with Crippen molar-refractivity contribution in [1.82, 2.24) is 14.7 Å². The summed E-state index contributed by atoms with van der Waals surface area (Å²) in [6.45, 7) is 4.50. The second-order valence-corrected chi connectivity index (χ2v) is 4.00. The Morgan fingerprint density at radius 1 is 1.47 bits per heavy atom. The Labute approximate surface area is 100 Å². The monoisotopic (exact) mass is 235 g/mol. The van der Waals surface area contributed by atoms with Crippen molar-refractivity contribution in [3.8, 4) is 0 Å². The number of aliphatic hydroxyl groups is 1. The van der Waals surface area contributed by atoms with E-state index in [2.05, 4.69) is 10.1 Å². The van der Waals surface area contributed by atoms with Crippen LogP contribution in [0, 0.1) is 0 Å². The summed E-state index contributed by atoms with van der Waals surface area (Å²) in [7, 11) is 0. The first-order valence-electron chi connectivity index (χ1n) is 5.88.